The van der Waals surface area contributed by atoms with E-state index in [-0.39, 0.29) is 0 Å². The molecule has 2 aliphatic rings. The zero-order chi connectivity index (χ0) is 59.3. The van der Waals surface area contributed by atoms with Crippen LogP contribution in [0.5, 0.6) is 0 Å². The Bertz CT molecular complexity index is 4650. The summed E-state index contributed by atoms with van der Waals surface area (Å²) in [4.78, 5) is 5.13. The second-order valence-electron chi connectivity index (χ2n) is 26.1. The van der Waals surface area contributed by atoms with E-state index in [0.29, 0.717) is 23.7 Å². The van der Waals surface area contributed by atoms with Crippen LogP contribution in [0, 0.1) is 0 Å². The van der Waals surface area contributed by atoms with Crippen LogP contribution in [-0.2, 0) is 12.8 Å². The lowest BCUT2D eigenvalue weighted by molar-refractivity contribution is 0.669. The average molecular weight is 1150 g/mol. The van der Waals surface area contributed by atoms with Gasteiger partial charge in [-0.05, 0) is 177 Å². The summed E-state index contributed by atoms with van der Waals surface area (Å²) in [6, 6.07) is 78.7. The van der Waals surface area contributed by atoms with E-state index in [1.54, 1.807) is 0 Å². The lowest BCUT2D eigenvalue weighted by atomic mass is 9.82. The molecule has 12 aromatic carbocycles. The number of aryl methyl sites for hydroxylation is 2. The molecule has 0 saturated heterocycles. The second kappa shape index (κ2) is 21.9. The molecule has 2 heterocycles. The van der Waals surface area contributed by atoms with Gasteiger partial charge in [0.25, 0.3) is 0 Å². The van der Waals surface area contributed by atoms with E-state index in [1.165, 1.54) is 140 Å². The second-order valence-corrected chi connectivity index (χ2v) is 26.1. The Kier molecular flexibility index (Phi) is 13.5. The maximum Gasteiger partial charge on any atom is 0.159 e. The fourth-order valence-electron chi connectivity index (χ4n) is 15.9. The molecule has 2 saturated carbocycles. The monoisotopic (exact) mass is 1140 g/mol. The molecule has 0 N–H and O–H groups in total. The SMILES string of the molecule is CCc1ccccc1-c1cccc2c1oc1c(N(c3ccc(C(C)C)cc3)c3cc(C4CCCC4)c4ccc5c(N(c6ccc(C(C)C)cc6)c6cccc7c6oc6c(-c8ccccc8CC)cccc67)cc(C6CCCC6)c6ccc3c4c65)cccc12. The Labute approximate surface area is 517 Å². The van der Waals surface area contributed by atoms with E-state index in [0.717, 1.165) is 90.6 Å². The van der Waals surface area contributed by atoms with Crippen molar-refractivity contribution in [1.82, 2.24) is 0 Å². The van der Waals surface area contributed by atoms with Gasteiger partial charge >= 0.3 is 0 Å². The molecule has 0 aliphatic heterocycles. The molecule has 16 rings (SSSR count). The van der Waals surface area contributed by atoms with Gasteiger partial charge in [0.2, 0.25) is 0 Å². The van der Waals surface area contributed by atoms with Crippen molar-refractivity contribution >= 4 is 110 Å². The summed E-state index contributed by atoms with van der Waals surface area (Å²) in [6.07, 6.45) is 11.6. The summed E-state index contributed by atoms with van der Waals surface area (Å²) in [5.74, 6) is 1.65. The van der Waals surface area contributed by atoms with E-state index in [2.05, 4.69) is 258 Å². The first-order chi connectivity index (χ1) is 43.2. The van der Waals surface area contributed by atoms with Crippen molar-refractivity contribution < 1.29 is 8.83 Å². The third kappa shape index (κ3) is 8.75. The van der Waals surface area contributed by atoms with E-state index >= 15 is 0 Å². The highest BCUT2D eigenvalue weighted by atomic mass is 16.3. The largest absolute Gasteiger partial charge is 0.453 e. The average Bonchev–Trinajstić information content (AvgIpc) is 1.18. The molecule has 4 heteroatoms. The van der Waals surface area contributed by atoms with Gasteiger partial charge in [0.1, 0.15) is 11.2 Å². The standard InChI is InChI=1S/C84H76N2O2/c1-7-53-21-13-15-27-61(53)65-29-17-31-67-69-33-19-35-75(83(69)87-81(65)67)85(59-41-37-55(38-42-59)51(3)4)77-49-73(57-23-9-10-24-57)63-46-48-72-78(50-74(58-25-11-12-26-58)64-45-47-71(77)79(63)80(64)72)86(60-43-39-56(40-44-60)52(5)6)76-36-20-34-70-68-32-18-30-66(82(68)88-84(70)76)62-28-16-14-22-54(62)8-2/h13-22,27-52,57-58H,7-12,23-26H2,1-6H3. The predicted molar refractivity (Wildman–Crippen MR) is 374 cm³/mol. The minimum atomic E-state index is 0.393. The number of hydrogen-bond donors (Lipinski definition) is 0. The van der Waals surface area contributed by atoms with Crippen LogP contribution in [0.2, 0.25) is 0 Å². The maximum atomic E-state index is 7.46. The Morgan fingerprint density at radius 3 is 1.08 bits per heavy atom. The first-order valence-electron chi connectivity index (χ1n) is 32.9. The Morgan fingerprint density at radius 1 is 0.341 bits per heavy atom. The van der Waals surface area contributed by atoms with E-state index in [1.807, 2.05) is 0 Å². The normalized spacial score (nSPS) is 14.3. The molecule has 0 radical (unpaired) electrons. The number of benzene rings is 12. The number of para-hydroxylation sites is 4. The van der Waals surface area contributed by atoms with Crippen molar-refractivity contribution in [2.75, 3.05) is 9.80 Å². The minimum absolute atomic E-state index is 0.393. The van der Waals surface area contributed by atoms with Gasteiger partial charge in [0, 0.05) is 54.8 Å². The van der Waals surface area contributed by atoms with Crippen molar-refractivity contribution in [2.24, 2.45) is 0 Å². The summed E-state index contributed by atoms with van der Waals surface area (Å²) in [5.41, 5.74) is 23.2. The number of hydrogen-bond acceptors (Lipinski definition) is 4. The summed E-state index contributed by atoms with van der Waals surface area (Å²) >= 11 is 0. The molecule has 88 heavy (non-hydrogen) atoms. The molecule has 0 unspecified atom stereocenters. The van der Waals surface area contributed by atoms with Gasteiger partial charge < -0.3 is 18.6 Å². The molecule has 0 spiro atoms. The fourth-order valence-corrected chi connectivity index (χ4v) is 15.9. The molecular weight excluding hydrogens is 1070 g/mol. The molecule has 0 atom stereocenters. The van der Waals surface area contributed by atoms with Crippen LogP contribution in [-0.4, -0.2) is 0 Å². The molecule has 2 aromatic heterocycles. The molecule has 434 valence electrons. The van der Waals surface area contributed by atoms with E-state index in [4.69, 9.17) is 8.83 Å². The van der Waals surface area contributed by atoms with Crippen molar-refractivity contribution in [3.05, 3.63) is 240 Å². The van der Waals surface area contributed by atoms with E-state index in [9.17, 15) is 0 Å². The zero-order valence-electron chi connectivity index (χ0n) is 51.7. The molecule has 4 nitrogen and oxygen atoms in total. The van der Waals surface area contributed by atoms with Gasteiger partial charge in [-0.15, -0.1) is 0 Å². The Morgan fingerprint density at radius 2 is 0.693 bits per heavy atom. The summed E-state index contributed by atoms with van der Waals surface area (Å²) in [7, 11) is 0. The molecule has 2 aliphatic carbocycles. The van der Waals surface area contributed by atoms with E-state index < -0.39 is 0 Å². The number of rotatable bonds is 14. The molecule has 14 aromatic rings. The quantitative estimate of drug-likeness (QED) is 0.102. The number of nitrogens with zero attached hydrogens (tertiary/aromatic N) is 2. The third-order valence-corrected chi connectivity index (χ3v) is 20.5. The zero-order valence-corrected chi connectivity index (χ0v) is 51.7. The maximum absolute atomic E-state index is 7.46. The summed E-state index contributed by atoms with van der Waals surface area (Å²) in [5, 5.41) is 12.5. The van der Waals surface area contributed by atoms with Crippen molar-refractivity contribution in [3.8, 4) is 22.3 Å². The van der Waals surface area contributed by atoms with Gasteiger partial charge in [0.05, 0.1) is 22.7 Å². The van der Waals surface area contributed by atoms with Crippen molar-refractivity contribution in [2.45, 2.75) is 129 Å². The van der Waals surface area contributed by atoms with Gasteiger partial charge in [-0.25, -0.2) is 0 Å². The minimum Gasteiger partial charge on any atom is -0.453 e. The van der Waals surface area contributed by atoms with Crippen LogP contribution in [0.1, 0.15) is 150 Å². The van der Waals surface area contributed by atoms with Crippen LogP contribution in [0.25, 0.3) is 98.4 Å². The highest BCUT2D eigenvalue weighted by Crippen LogP contribution is 2.56. The predicted octanol–water partition coefficient (Wildman–Crippen LogP) is 25.3. The summed E-state index contributed by atoms with van der Waals surface area (Å²) < 4.78 is 14.9. The van der Waals surface area contributed by atoms with Crippen LogP contribution in [0.3, 0.4) is 0 Å². The molecule has 2 fully saturated rings. The summed E-state index contributed by atoms with van der Waals surface area (Å²) in [6.45, 7) is 13.7. The van der Waals surface area contributed by atoms with Crippen LogP contribution < -0.4 is 9.80 Å². The smallest absolute Gasteiger partial charge is 0.159 e. The van der Waals surface area contributed by atoms with Crippen molar-refractivity contribution in [1.29, 1.82) is 0 Å². The van der Waals surface area contributed by atoms with Gasteiger partial charge in [-0.2, -0.15) is 0 Å². The molecular formula is C84H76N2O2. The number of anilines is 6. The highest BCUT2D eigenvalue weighted by molar-refractivity contribution is 6.30. The lowest BCUT2D eigenvalue weighted by Crippen LogP contribution is -2.14. The van der Waals surface area contributed by atoms with Crippen LogP contribution >= 0.6 is 0 Å². The van der Waals surface area contributed by atoms with Crippen LogP contribution in [0.4, 0.5) is 34.1 Å². The first-order valence-corrected chi connectivity index (χ1v) is 32.9. The number of fused-ring (bicyclic) bond motifs is 6. The fraction of sp³-hybridized carbons (Fsp3) is 0.238. The Balaban J connectivity index is 0.999. The highest BCUT2D eigenvalue weighted by Gasteiger charge is 2.32. The van der Waals surface area contributed by atoms with Gasteiger partial charge in [-0.1, -0.05) is 225 Å². The topological polar surface area (TPSA) is 32.8 Å². The first kappa shape index (κ1) is 54.3. The Hall–Kier alpha value is -9.12. The van der Waals surface area contributed by atoms with Gasteiger partial charge in [-0.3, -0.25) is 0 Å². The third-order valence-electron chi connectivity index (χ3n) is 20.5. The molecule has 0 bridgehead atoms. The van der Waals surface area contributed by atoms with Gasteiger partial charge in [0.15, 0.2) is 11.2 Å². The van der Waals surface area contributed by atoms with Crippen molar-refractivity contribution in [3.63, 3.8) is 0 Å². The lowest BCUT2D eigenvalue weighted by Gasteiger charge is -2.32. The molecule has 0 amide bonds. The van der Waals surface area contributed by atoms with Crippen LogP contribution in [0.15, 0.2) is 215 Å². The number of furan rings is 2.